The van der Waals surface area contributed by atoms with Gasteiger partial charge >= 0.3 is 0 Å². The van der Waals surface area contributed by atoms with Gasteiger partial charge in [0.05, 0.1) is 20.8 Å². The van der Waals surface area contributed by atoms with E-state index in [9.17, 15) is 4.79 Å². The van der Waals surface area contributed by atoms with Crippen LogP contribution in [0.25, 0.3) is 6.08 Å². The van der Waals surface area contributed by atoms with Gasteiger partial charge in [-0.2, -0.15) is 0 Å². The van der Waals surface area contributed by atoms with E-state index in [2.05, 4.69) is 15.9 Å². The number of methoxy groups -OCH3 is 2. The van der Waals surface area contributed by atoms with Gasteiger partial charge in [-0.1, -0.05) is 28.1 Å². The minimum absolute atomic E-state index is 0.0114. The van der Waals surface area contributed by atoms with Crippen LogP contribution < -0.4 is 9.47 Å². The lowest BCUT2D eigenvalue weighted by Gasteiger charge is -2.22. The quantitative estimate of drug-likeness (QED) is 0.616. The first-order valence-electron chi connectivity index (χ1n) is 8.56. The molecule has 0 atom stereocenters. The molecule has 0 heterocycles. The molecule has 1 fully saturated rings. The van der Waals surface area contributed by atoms with Crippen LogP contribution in [0.3, 0.4) is 0 Å². The largest absolute Gasteiger partial charge is 0.497 e. The van der Waals surface area contributed by atoms with E-state index in [0.29, 0.717) is 12.6 Å². The number of ether oxygens (including phenoxy) is 2. The first-order valence-corrected chi connectivity index (χ1v) is 9.35. The number of halogens is 1. The number of nitrogens with zero attached hydrogens (tertiary/aromatic N) is 1. The van der Waals surface area contributed by atoms with Crippen LogP contribution >= 0.6 is 15.9 Å². The Morgan fingerprint density at radius 3 is 2.65 bits per heavy atom. The Morgan fingerprint density at radius 2 is 2.00 bits per heavy atom. The van der Waals surface area contributed by atoms with Crippen LogP contribution in [-0.4, -0.2) is 31.1 Å². The molecule has 0 aromatic heterocycles. The average Bonchev–Trinajstić information content (AvgIpc) is 3.49. The number of hydrogen-bond donors (Lipinski definition) is 0. The minimum atomic E-state index is 0.0114. The van der Waals surface area contributed by atoms with Crippen molar-refractivity contribution in [3.63, 3.8) is 0 Å². The van der Waals surface area contributed by atoms with Crippen LogP contribution in [0.15, 0.2) is 53.0 Å². The van der Waals surface area contributed by atoms with E-state index in [1.807, 2.05) is 53.4 Å². The Hall–Kier alpha value is -2.27. The summed E-state index contributed by atoms with van der Waals surface area (Å²) in [5.41, 5.74) is 1.94. The third kappa shape index (κ3) is 4.67. The van der Waals surface area contributed by atoms with Gasteiger partial charge in [0.25, 0.3) is 0 Å². The van der Waals surface area contributed by atoms with E-state index in [0.717, 1.165) is 39.9 Å². The maximum Gasteiger partial charge on any atom is 0.247 e. The Morgan fingerprint density at radius 1 is 1.19 bits per heavy atom. The molecular formula is C21H22BrNO3. The van der Waals surface area contributed by atoms with E-state index >= 15 is 0 Å². The van der Waals surface area contributed by atoms with Gasteiger partial charge in [-0.3, -0.25) is 4.79 Å². The van der Waals surface area contributed by atoms with Gasteiger partial charge in [-0.15, -0.1) is 0 Å². The fourth-order valence-electron chi connectivity index (χ4n) is 2.84. The van der Waals surface area contributed by atoms with Gasteiger partial charge in [0.15, 0.2) is 0 Å². The van der Waals surface area contributed by atoms with Crippen LogP contribution in [0.1, 0.15) is 24.0 Å². The predicted octanol–water partition coefficient (Wildman–Crippen LogP) is 4.67. The molecule has 0 bridgehead atoms. The molecule has 1 aliphatic rings. The molecule has 1 saturated carbocycles. The molecule has 2 aromatic carbocycles. The van der Waals surface area contributed by atoms with Gasteiger partial charge in [0.2, 0.25) is 5.91 Å². The molecule has 0 unspecified atom stereocenters. The summed E-state index contributed by atoms with van der Waals surface area (Å²) in [6.07, 6.45) is 5.59. The minimum Gasteiger partial charge on any atom is -0.497 e. The molecule has 0 N–H and O–H groups in total. The van der Waals surface area contributed by atoms with Gasteiger partial charge < -0.3 is 14.4 Å². The normalized spacial score (nSPS) is 13.7. The Labute approximate surface area is 162 Å². The molecule has 1 aliphatic carbocycles. The summed E-state index contributed by atoms with van der Waals surface area (Å²) >= 11 is 3.45. The molecular weight excluding hydrogens is 394 g/mol. The Balaban J connectivity index is 1.78. The molecule has 0 radical (unpaired) electrons. The molecule has 0 aliphatic heterocycles. The summed E-state index contributed by atoms with van der Waals surface area (Å²) < 4.78 is 11.8. The van der Waals surface area contributed by atoms with Crippen molar-refractivity contribution in [3.8, 4) is 11.5 Å². The summed E-state index contributed by atoms with van der Waals surface area (Å²) in [7, 11) is 3.28. The van der Waals surface area contributed by atoms with Crippen LogP contribution in [0, 0.1) is 0 Å². The molecule has 2 aromatic rings. The van der Waals surface area contributed by atoms with Crippen molar-refractivity contribution in [1.29, 1.82) is 0 Å². The Bertz CT molecular complexity index is 815. The highest BCUT2D eigenvalue weighted by atomic mass is 79.9. The third-order valence-corrected chi connectivity index (χ3v) is 4.86. The second kappa shape index (κ2) is 8.41. The van der Waals surface area contributed by atoms with Crippen molar-refractivity contribution >= 4 is 27.9 Å². The van der Waals surface area contributed by atoms with Crippen LogP contribution in [0.2, 0.25) is 0 Å². The lowest BCUT2D eigenvalue weighted by Crippen LogP contribution is -2.31. The van der Waals surface area contributed by atoms with Crippen molar-refractivity contribution in [1.82, 2.24) is 4.90 Å². The fourth-order valence-corrected chi connectivity index (χ4v) is 3.25. The third-order valence-electron chi connectivity index (χ3n) is 4.37. The summed E-state index contributed by atoms with van der Waals surface area (Å²) in [5.74, 6) is 1.53. The molecule has 0 spiro atoms. The topological polar surface area (TPSA) is 38.8 Å². The highest BCUT2D eigenvalue weighted by molar-refractivity contribution is 9.10. The standard InChI is InChI=1S/C21H22BrNO3/c1-25-19-9-10-20(26-2)16(13-19)14-23(18-7-8-18)21(24)11-6-15-4-3-5-17(22)12-15/h3-6,9-13,18H,7-8,14H2,1-2H3. The number of rotatable bonds is 7. The van der Waals surface area contributed by atoms with Gasteiger partial charge in [-0.25, -0.2) is 0 Å². The van der Waals surface area contributed by atoms with E-state index in [4.69, 9.17) is 9.47 Å². The second-order valence-corrected chi connectivity index (χ2v) is 7.18. The highest BCUT2D eigenvalue weighted by Crippen LogP contribution is 2.32. The summed E-state index contributed by atoms with van der Waals surface area (Å²) in [6, 6.07) is 13.8. The molecule has 4 nitrogen and oxygen atoms in total. The van der Waals surface area contributed by atoms with Gasteiger partial charge in [0.1, 0.15) is 11.5 Å². The number of hydrogen-bond acceptors (Lipinski definition) is 3. The number of amides is 1. The number of carbonyl (C=O) groups excluding carboxylic acids is 1. The fraction of sp³-hybridized carbons (Fsp3) is 0.286. The van der Waals surface area contributed by atoms with Crippen LogP contribution in [-0.2, 0) is 11.3 Å². The zero-order valence-corrected chi connectivity index (χ0v) is 16.5. The highest BCUT2D eigenvalue weighted by Gasteiger charge is 2.32. The summed E-state index contributed by atoms with van der Waals surface area (Å²) in [5, 5.41) is 0. The zero-order valence-electron chi connectivity index (χ0n) is 14.9. The molecule has 136 valence electrons. The summed E-state index contributed by atoms with van der Waals surface area (Å²) in [4.78, 5) is 14.7. The first kappa shape index (κ1) is 18.5. The van der Waals surface area contributed by atoms with Crippen molar-refractivity contribution in [3.05, 3.63) is 64.1 Å². The smallest absolute Gasteiger partial charge is 0.247 e. The molecule has 5 heteroatoms. The molecule has 3 rings (SSSR count). The van der Waals surface area contributed by atoms with Crippen molar-refractivity contribution < 1.29 is 14.3 Å². The maximum atomic E-state index is 12.8. The average molecular weight is 416 g/mol. The molecule has 1 amide bonds. The number of carbonyl (C=O) groups is 1. The SMILES string of the molecule is COc1ccc(OC)c(CN(C(=O)C=Cc2cccc(Br)c2)C2CC2)c1. The van der Waals surface area contributed by atoms with Crippen LogP contribution in [0.5, 0.6) is 11.5 Å². The second-order valence-electron chi connectivity index (χ2n) is 6.26. The zero-order chi connectivity index (χ0) is 18.5. The van der Waals surface area contributed by atoms with Crippen molar-refractivity contribution in [2.24, 2.45) is 0 Å². The van der Waals surface area contributed by atoms with Crippen molar-refractivity contribution in [2.75, 3.05) is 14.2 Å². The van der Waals surface area contributed by atoms with Crippen LogP contribution in [0.4, 0.5) is 0 Å². The number of benzene rings is 2. The summed E-state index contributed by atoms with van der Waals surface area (Å²) in [6.45, 7) is 0.507. The lowest BCUT2D eigenvalue weighted by atomic mass is 10.1. The maximum absolute atomic E-state index is 12.8. The predicted molar refractivity (Wildman–Crippen MR) is 106 cm³/mol. The van der Waals surface area contributed by atoms with E-state index in [1.165, 1.54) is 0 Å². The molecule has 0 saturated heterocycles. The first-order chi connectivity index (χ1) is 12.6. The lowest BCUT2D eigenvalue weighted by molar-refractivity contribution is -0.127. The monoisotopic (exact) mass is 415 g/mol. The van der Waals surface area contributed by atoms with Gasteiger partial charge in [0, 0.05) is 22.2 Å². The Kier molecular flexibility index (Phi) is 5.99. The van der Waals surface area contributed by atoms with E-state index in [-0.39, 0.29) is 5.91 Å². The molecule has 26 heavy (non-hydrogen) atoms. The van der Waals surface area contributed by atoms with Crippen molar-refractivity contribution in [2.45, 2.75) is 25.4 Å². The van der Waals surface area contributed by atoms with E-state index in [1.54, 1.807) is 20.3 Å². The van der Waals surface area contributed by atoms with E-state index < -0.39 is 0 Å². The van der Waals surface area contributed by atoms with Gasteiger partial charge in [-0.05, 0) is 54.8 Å².